The van der Waals surface area contributed by atoms with Crippen molar-refractivity contribution in [3.8, 4) is 0 Å². The number of nitrogens with one attached hydrogen (secondary N) is 1. The first kappa shape index (κ1) is 17.3. The van der Waals surface area contributed by atoms with E-state index >= 15 is 0 Å². The lowest BCUT2D eigenvalue weighted by atomic mass is 9.86. The molecule has 1 aliphatic rings. The molecule has 0 aliphatic heterocycles. The van der Waals surface area contributed by atoms with E-state index in [-0.39, 0.29) is 0 Å². The molecule has 2 heteroatoms. The van der Waals surface area contributed by atoms with Gasteiger partial charge in [0.1, 0.15) is 0 Å². The Morgan fingerprint density at radius 2 is 1.67 bits per heavy atom. The van der Waals surface area contributed by atoms with E-state index in [4.69, 9.17) is 5.73 Å². The van der Waals surface area contributed by atoms with Crippen LogP contribution < -0.4 is 11.1 Å². The quantitative estimate of drug-likeness (QED) is 0.510. The lowest BCUT2D eigenvalue weighted by Crippen LogP contribution is -2.19. The number of rotatable bonds is 8. The van der Waals surface area contributed by atoms with E-state index in [0.717, 1.165) is 31.1 Å². The molecule has 24 heavy (non-hydrogen) atoms. The fourth-order valence-corrected chi connectivity index (χ4v) is 4.11. The molecule has 0 atom stereocenters. The molecule has 2 aromatic rings. The zero-order valence-electron chi connectivity index (χ0n) is 14.9. The Morgan fingerprint density at radius 1 is 0.875 bits per heavy atom. The summed E-state index contributed by atoms with van der Waals surface area (Å²) in [5, 5.41) is 6.10. The molecule has 0 amide bonds. The van der Waals surface area contributed by atoms with Crippen molar-refractivity contribution in [2.45, 2.75) is 57.8 Å². The van der Waals surface area contributed by atoms with Gasteiger partial charge in [0.15, 0.2) is 0 Å². The molecule has 1 fully saturated rings. The van der Waals surface area contributed by atoms with Crippen LogP contribution in [-0.4, -0.2) is 13.1 Å². The number of anilines is 1. The van der Waals surface area contributed by atoms with Gasteiger partial charge in [-0.1, -0.05) is 75.3 Å². The molecule has 0 bridgehead atoms. The first-order valence-electron chi connectivity index (χ1n) is 9.81. The number of hydrogen-bond donors (Lipinski definition) is 2. The van der Waals surface area contributed by atoms with Crippen LogP contribution in [0, 0.1) is 5.92 Å². The Hall–Kier alpha value is -1.54. The maximum atomic E-state index is 6.08. The average molecular weight is 325 g/mol. The Morgan fingerprint density at radius 3 is 2.50 bits per heavy atom. The van der Waals surface area contributed by atoms with Crippen LogP contribution in [-0.2, 0) is 6.42 Å². The van der Waals surface area contributed by atoms with Gasteiger partial charge < -0.3 is 11.1 Å². The summed E-state index contributed by atoms with van der Waals surface area (Å²) in [5.41, 5.74) is 8.36. The summed E-state index contributed by atoms with van der Waals surface area (Å²) in [4.78, 5) is 0. The normalized spacial score (nSPS) is 15.8. The van der Waals surface area contributed by atoms with Crippen molar-refractivity contribution in [3.63, 3.8) is 0 Å². The Balaban J connectivity index is 1.36. The van der Waals surface area contributed by atoms with E-state index in [1.807, 2.05) is 6.07 Å². The SMILES string of the molecule is Nc1ccc(CCNCCCCC2CCCCC2)c2ccccc12. The highest BCUT2D eigenvalue weighted by atomic mass is 14.8. The molecule has 0 spiro atoms. The summed E-state index contributed by atoms with van der Waals surface area (Å²) in [6, 6.07) is 12.7. The molecule has 1 saturated carbocycles. The van der Waals surface area contributed by atoms with Gasteiger partial charge in [0, 0.05) is 11.1 Å². The summed E-state index contributed by atoms with van der Waals surface area (Å²) < 4.78 is 0. The van der Waals surface area contributed by atoms with E-state index in [1.54, 1.807) is 0 Å². The van der Waals surface area contributed by atoms with E-state index in [0.29, 0.717) is 0 Å². The minimum Gasteiger partial charge on any atom is -0.398 e. The van der Waals surface area contributed by atoms with E-state index in [1.165, 1.54) is 67.7 Å². The molecular weight excluding hydrogens is 292 g/mol. The standard InChI is InChI=1S/C22H32N2/c23-22-14-13-19(20-11-4-5-12-21(20)22)15-17-24-16-7-6-10-18-8-2-1-3-9-18/h4-5,11-14,18,24H,1-3,6-10,15-17,23H2. The first-order chi connectivity index (χ1) is 11.8. The molecule has 2 nitrogen and oxygen atoms in total. The summed E-state index contributed by atoms with van der Waals surface area (Å²) in [6.07, 6.45) is 12.6. The second kappa shape index (κ2) is 9.08. The topological polar surface area (TPSA) is 38.0 Å². The number of benzene rings is 2. The van der Waals surface area contributed by atoms with Crippen molar-refractivity contribution in [1.82, 2.24) is 5.32 Å². The minimum atomic E-state index is 0.880. The second-order valence-corrected chi connectivity index (χ2v) is 7.36. The number of hydrogen-bond acceptors (Lipinski definition) is 2. The lowest BCUT2D eigenvalue weighted by molar-refractivity contribution is 0.329. The van der Waals surface area contributed by atoms with Crippen LogP contribution in [0.1, 0.15) is 56.9 Å². The van der Waals surface area contributed by atoms with Gasteiger partial charge >= 0.3 is 0 Å². The van der Waals surface area contributed by atoms with Crippen molar-refractivity contribution in [2.75, 3.05) is 18.8 Å². The van der Waals surface area contributed by atoms with Gasteiger partial charge in [-0.15, -0.1) is 0 Å². The van der Waals surface area contributed by atoms with Gasteiger partial charge in [0.05, 0.1) is 0 Å². The summed E-state index contributed by atoms with van der Waals surface area (Å²) in [7, 11) is 0. The maximum Gasteiger partial charge on any atom is 0.0393 e. The Labute approximate surface area is 146 Å². The monoisotopic (exact) mass is 324 g/mol. The average Bonchev–Trinajstić information content (AvgIpc) is 2.64. The predicted octanol–water partition coefficient (Wildman–Crippen LogP) is 5.30. The van der Waals surface area contributed by atoms with Gasteiger partial charge in [0.25, 0.3) is 0 Å². The van der Waals surface area contributed by atoms with E-state index in [2.05, 4.69) is 35.6 Å². The van der Waals surface area contributed by atoms with Crippen LogP contribution in [0.25, 0.3) is 10.8 Å². The predicted molar refractivity (Wildman–Crippen MR) is 105 cm³/mol. The van der Waals surface area contributed by atoms with Gasteiger partial charge in [-0.2, -0.15) is 0 Å². The molecule has 0 aromatic heterocycles. The van der Waals surface area contributed by atoms with Crippen molar-refractivity contribution >= 4 is 16.5 Å². The highest BCUT2D eigenvalue weighted by Gasteiger charge is 2.12. The maximum absolute atomic E-state index is 6.08. The highest BCUT2D eigenvalue weighted by molar-refractivity contribution is 5.95. The fraction of sp³-hybridized carbons (Fsp3) is 0.545. The van der Waals surface area contributed by atoms with Crippen LogP contribution in [0.2, 0.25) is 0 Å². The highest BCUT2D eigenvalue weighted by Crippen LogP contribution is 2.27. The first-order valence-corrected chi connectivity index (χ1v) is 9.81. The molecule has 3 N–H and O–H groups in total. The van der Waals surface area contributed by atoms with Crippen LogP contribution >= 0.6 is 0 Å². The minimum absolute atomic E-state index is 0.880. The fourth-order valence-electron chi connectivity index (χ4n) is 4.11. The van der Waals surface area contributed by atoms with Crippen LogP contribution in [0.4, 0.5) is 5.69 Å². The van der Waals surface area contributed by atoms with E-state index in [9.17, 15) is 0 Å². The molecule has 2 aromatic carbocycles. The largest absolute Gasteiger partial charge is 0.398 e. The van der Waals surface area contributed by atoms with Crippen molar-refractivity contribution in [2.24, 2.45) is 5.92 Å². The molecule has 3 rings (SSSR count). The third-order valence-electron chi connectivity index (χ3n) is 5.56. The van der Waals surface area contributed by atoms with Gasteiger partial charge in [-0.25, -0.2) is 0 Å². The molecule has 0 radical (unpaired) electrons. The van der Waals surface area contributed by atoms with Gasteiger partial charge in [0.2, 0.25) is 0 Å². The van der Waals surface area contributed by atoms with Gasteiger partial charge in [-0.3, -0.25) is 0 Å². The zero-order valence-corrected chi connectivity index (χ0v) is 14.9. The molecule has 1 aliphatic carbocycles. The van der Waals surface area contributed by atoms with Crippen molar-refractivity contribution in [1.29, 1.82) is 0 Å². The second-order valence-electron chi connectivity index (χ2n) is 7.36. The third-order valence-corrected chi connectivity index (χ3v) is 5.56. The summed E-state index contributed by atoms with van der Waals surface area (Å²) in [5.74, 6) is 1.03. The van der Waals surface area contributed by atoms with Crippen molar-refractivity contribution < 1.29 is 0 Å². The molecule has 130 valence electrons. The smallest absolute Gasteiger partial charge is 0.0393 e. The van der Waals surface area contributed by atoms with Crippen LogP contribution in [0.3, 0.4) is 0 Å². The number of nitrogen functional groups attached to an aromatic ring is 1. The summed E-state index contributed by atoms with van der Waals surface area (Å²) in [6.45, 7) is 2.21. The molecular formula is C22H32N2. The van der Waals surface area contributed by atoms with E-state index < -0.39 is 0 Å². The molecule has 0 saturated heterocycles. The number of fused-ring (bicyclic) bond motifs is 1. The number of nitrogens with two attached hydrogens (primary N) is 1. The Kier molecular flexibility index (Phi) is 6.54. The lowest BCUT2D eigenvalue weighted by Gasteiger charge is -2.21. The summed E-state index contributed by atoms with van der Waals surface area (Å²) >= 11 is 0. The number of unbranched alkanes of at least 4 members (excludes halogenated alkanes) is 1. The Bertz CT molecular complexity index is 629. The third kappa shape index (κ3) is 4.73. The molecule has 0 unspecified atom stereocenters. The van der Waals surface area contributed by atoms with Crippen LogP contribution in [0.5, 0.6) is 0 Å². The van der Waals surface area contributed by atoms with Crippen LogP contribution in [0.15, 0.2) is 36.4 Å². The zero-order chi connectivity index (χ0) is 16.6. The van der Waals surface area contributed by atoms with Crippen molar-refractivity contribution in [3.05, 3.63) is 42.0 Å². The van der Waals surface area contributed by atoms with Gasteiger partial charge in [-0.05, 0) is 48.9 Å². The molecule has 0 heterocycles.